The van der Waals surface area contributed by atoms with E-state index in [0.29, 0.717) is 19.4 Å². The van der Waals surface area contributed by atoms with Crippen molar-refractivity contribution in [3.8, 4) is 0 Å². The number of aliphatic carboxylic acids is 1. The lowest BCUT2D eigenvalue weighted by atomic mass is 10.1. The van der Waals surface area contributed by atoms with Crippen molar-refractivity contribution >= 4 is 29.8 Å². The van der Waals surface area contributed by atoms with Gasteiger partial charge >= 0.3 is 12.1 Å². The molecule has 0 spiro atoms. The number of unbranched alkanes of at least 4 members (excludes halogenated alkanes) is 1. The highest BCUT2D eigenvalue weighted by Gasteiger charge is 2.24. The van der Waals surface area contributed by atoms with Gasteiger partial charge in [0.1, 0.15) is 24.2 Å². The predicted octanol–water partition coefficient (Wildman–Crippen LogP) is 0.0532. The average molecular weight is 508 g/mol. The molecule has 0 radical (unpaired) electrons. The van der Waals surface area contributed by atoms with Crippen LogP contribution in [0.2, 0.25) is 0 Å². The van der Waals surface area contributed by atoms with Crippen LogP contribution in [0.15, 0.2) is 30.3 Å². The largest absolute Gasteiger partial charge is 0.480 e. The summed E-state index contributed by atoms with van der Waals surface area (Å²) < 4.78 is 5.08. The van der Waals surface area contributed by atoms with Crippen molar-refractivity contribution in [3.63, 3.8) is 0 Å². The number of alkyl carbamates (subject to hydrolysis) is 1. The fourth-order valence-electron chi connectivity index (χ4n) is 3.06. The highest BCUT2D eigenvalue weighted by Crippen LogP contribution is 2.06. The lowest BCUT2D eigenvalue weighted by molar-refractivity contribution is -0.142. The molecule has 0 fully saturated rings. The van der Waals surface area contributed by atoms with Crippen molar-refractivity contribution in [1.29, 1.82) is 0 Å². The first-order valence-electron chi connectivity index (χ1n) is 11.7. The van der Waals surface area contributed by atoms with Gasteiger partial charge in [-0.3, -0.25) is 14.4 Å². The summed E-state index contributed by atoms with van der Waals surface area (Å²) in [5.74, 6) is -3.14. The molecular weight excluding hydrogens is 470 g/mol. The van der Waals surface area contributed by atoms with E-state index < -0.39 is 60.6 Å². The van der Waals surface area contributed by atoms with E-state index in [9.17, 15) is 29.1 Å². The van der Waals surface area contributed by atoms with Crippen LogP contribution in [0, 0.1) is 0 Å². The Morgan fingerprint density at radius 1 is 0.917 bits per heavy atom. The molecule has 0 aromatic heterocycles. The van der Waals surface area contributed by atoms with Gasteiger partial charge < -0.3 is 36.8 Å². The van der Waals surface area contributed by atoms with Gasteiger partial charge in [0.25, 0.3) is 0 Å². The number of rotatable bonds is 14. The lowest BCUT2D eigenvalue weighted by Gasteiger charge is -2.21. The van der Waals surface area contributed by atoms with Crippen LogP contribution in [0.5, 0.6) is 0 Å². The number of nitrogens with one attached hydrogen (secondary N) is 4. The second kappa shape index (κ2) is 15.4. The van der Waals surface area contributed by atoms with Crippen molar-refractivity contribution in [2.45, 2.75) is 64.1 Å². The zero-order valence-corrected chi connectivity index (χ0v) is 21.0. The zero-order valence-electron chi connectivity index (χ0n) is 21.0. The Kier molecular flexibility index (Phi) is 12.9. The van der Waals surface area contributed by atoms with E-state index in [4.69, 9.17) is 10.5 Å². The van der Waals surface area contributed by atoms with E-state index >= 15 is 0 Å². The lowest BCUT2D eigenvalue weighted by Crippen LogP contribution is -2.53. The van der Waals surface area contributed by atoms with Gasteiger partial charge in [-0.2, -0.15) is 0 Å². The van der Waals surface area contributed by atoms with Gasteiger partial charge in [0.2, 0.25) is 17.7 Å². The molecule has 0 aliphatic carbocycles. The molecule has 12 nitrogen and oxygen atoms in total. The van der Waals surface area contributed by atoms with E-state index in [1.165, 1.54) is 0 Å². The highest BCUT2D eigenvalue weighted by molar-refractivity contribution is 5.92. The van der Waals surface area contributed by atoms with Crippen molar-refractivity contribution in [1.82, 2.24) is 21.3 Å². The Bertz CT molecular complexity index is 887. The number of hydrogen-bond donors (Lipinski definition) is 6. The van der Waals surface area contributed by atoms with Crippen LogP contribution in [-0.2, 0) is 30.3 Å². The van der Waals surface area contributed by atoms with Gasteiger partial charge in [-0.1, -0.05) is 30.3 Å². The number of amides is 4. The minimum absolute atomic E-state index is 0.128. The van der Waals surface area contributed by atoms with Gasteiger partial charge in [-0.25, -0.2) is 9.59 Å². The van der Waals surface area contributed by atoms with E-state index in [1.807, 2.05) is 0 Å². The average Bonchev–Trinajstić information content (AvgIpc) is 2.79. The molecule has 0 saturated heterocycles. The van der Waals surface area contributed by atoms with E-state index in [-0.39, 0.29) is 12.8 Å². The van der Waals surface area contributed by atoms with Gasteiger partial charge in [0.05, 0.1) is 6.54 Å². The summed E-state index contributed by atoms with van der Waals surface area (Å²) in [6.07, 6.45) is 0.716. The number of hydrogen-bond acceptors (Lipinski definition) is 7. The molecular formula is C24H37N5O7. The molecule has 4 amide bonds. The monoisotopic (exact) mass is 507 g/mol. The summed E-state index contributed by atoms with van der Waals surface area (Å²) in [6.45, 7) is 4.57. The van der Waals surface area contributed by atoms with E-state index in [0.717, 1.165) is 5.56 Å². The molecule has 1 aromatic carbocycles. The summed E-state index contributed by atoms with van der Waals surface area (Å²) in [5, 5.41) is 18.9. The van der Waals surface area contributed by atoms with Gasteiger partial charge in [-0.15, -0.1) is 0 Å². The number of nitrogens with two attached hydrogens (primary N) is 1. The summed E-state index contributed by atoms with van der Waals surface area (Å²) in [4.78, 5) is 60.6. The number of carbonyl (C=O) groups excluding carboxylic acids is 4. The van der Waals surface area contributed by atoms with E-state index in [2.05, 4.69) is 21.3 Å². The van der Waals surface area contributed by atoms with Crippen molar-refractivity contribution in [3.05, 3.63) is 35.9 Å². The first-order chi connectivity index (χ1) is 16.9. The zero-order chi connectivity index (χ0) is 27.1. The maximum absolute atomic E-state index is 12.8. The maximum atomic E-state index is 12.8. The van der Waals surface area contributed by atoms with Crippen LogP contribution in [0.3, 0.4) is 0 Å². The van der Waals surface area contributed by atoms with Crippen molar-refractivity contribution in [2.75, 3.05) is 19.6 Å². The van der Waals surface area contributed by atoms with E-state index in [1.54, 1.807) is 51.1 Å². The van der Waals surface area contributed by atoms with Gasteiger partial charge in [0.15, 0.2) is 0 Å². The molecule has 12 heteroatoms. The number of carbonyl (C=O) groups is 5. The summed E-state index contributed by atoms with van der Waals surface area (Å²) in [5.41, 5.74) is 5.43. The second-order valence-electron chi connectivity index (χ2n) is 9.13. The first kappa shape index (κ1) is 30.4. The number of ether oxygens (including phenoxy) is 1. The molecule has 2 atom stereocenters. The normalized spacial score (nSPS) is 12.6. The number of carboxylic acids is 1. The quantitative estimate of drug-likeness (QED) is 0.190. The van der Waals surface area contributed by atoms with Crippen LogP contribution in [0.1, 0.15) is 45.6 Å². The third-order valence-electron chi connectivity index (χ3n) is 4.73. The molecule has 0 unspecified atom stereocenters. The Hall–Kier alpha value is -3.67. The van der Waals surface area contributed by atoms with Crippen molar-refractivity contribution < 1.29 is 33.8 Å². The minimum Gasteiger partial charge on any atom is -0.480 e. The predicted molar refractivity (Wildman–Crippen MR) is 132 cm³/mol. The smallest absolute Gasteiger partial charge is 0.408 e. The fourth-order valence-corrected chi connectivity index (χ4v) is 3.06. The molecule has 0 bridgehead atoms. The Morgan fingerprint density at radius 3 is 2.06 bits per heavy atom. The molecule has 200 valence electrons. The molecule has 0 aliphatic heterocycles. The minimum atomic E-state index is -1.18. The molecule has 0 aliphatic rings. The molecule has 1 rings (SSSR count). The van der Waals surface area contributed by atoms with Crippen LogP contribution in [0.4, 0.5) is 4.79 Å². The third kappa shape index (κ3) is 13.3. The molecule has 36 heavy (non-hydrogen) atoms. The molecule has 1 aromatic rings. The Labute approximate surface area is 210 Å². The standard InChI is InChI=1S/C24H37N5O7/c1-24(2,3)36-23(35)27-15-20(31)29-18(13-16-9-5-4-6-10-16)21(32)26-14-19(30)28-17(22(33)34)11-7-8-12-25/h4-6,9-10,17-18H,7-8,11-15,25H2,1-3H3,(H,26,32)(H,27,35)(H,28,30)(H,29,31)(H,33,34)/t17-,18-/m0/s1. The topological polar surface area (TPSA) is 189 Å². The molecule has 0 saturated carbocycles. The fraction of sp³-hybridized carbons (Fsp3) is 0.542. The van der Waals surface area contributed by atoms with Crippen LogP contribution in [-0.4, -0.2) is 72.2 Å². The van der Waals surface area contributed by atoms with Crippen LogP contribution >= 0.6 is 0 Å². The third-order valence-corrected chi connectivity index (χ3v) is 4.73. The van der Waals surface area contributed by atoms with Gasteiger partial charge in [-0.05, 0) is 52.1 Å². The Morgan fingerprint density at radius 2 is 1.50 bits per heavy atom. The highest BCUT2D eigenvalue weighted by atomic mass is 16.6. The summed E-state index contributed by atoms with van der Waals surface area (Å²) in [7, 11) is 0. The summed E-state index contributed by atoms with van der Waals surface area (Å²) in [6, 6.07) is 6.76. The van der Waals surface area contributed by atoms with Crippen LogP contribution in [0.25, 0.3) is 0 Å². The molecule has 0 heterocycles. The maximum Gasteiger partial charge on any atom is 0.408 e. The van der Waals surface area contributed by atoms with Crippen molar-refractivity contribution in [2.24, 2.45) is 5.73 Å². The second-order valence-corrected chi connectivity index (χ2v) is 9.13. The summed E-state index contributed by atoms with van der Waals surface area (Å²) >= 11 is 0. The van der Waals surface area contributed by atoms with Crippen LogP contribution < -0.4 is 27.0 Å². The SMILES string of the molecule is CC(C)(C)OC(=O)NCC(=O)N[C@@H](Cc1ccccc1)C(=O)NCC(=O)N[C@@H](CCCCN)C(=O)O. The van der Waals surface area contributed by atoms with Gasteiger partial charge in [0, 0.05) is 6.42 Å². The molecule has 7 N–H and O–H groups in total. The first-order valence-corrected chi connectivity index (χ1v) is 11.7. The Balaban J connectivity index is 2.71. The number of benzene rings is 1. The number of carboxylic acid groups (broad SMARTS) is 1.